The zero-order chi connectivity index (χ0) is 15.2. The number of hydrogen-bond acceptors (Lipinski definition) is 1. The molecule has 0 saturated heterocycles. The van der Waals surface area contributed by atoms with Crippen LogP contribution in [-0.2, 0) is 12.8 Å². The predicted molar refractivity (Wildman–Crippen MR) is 92.0 cm³/mol. The Kier molecular flexibility index (Phi) is 5.58. The van der Waals surface area contributed by atoms with Gasteiger partial charge >= 0.3 is 0 Å². The minimum Gasteiger partial charge on any atom is -0.316 e. The van der Waals surface area contributed by atoms with E-state index in [2.05, 4.69) is 81.7 Å². The highest BCUT2D eigenvalue weighted by atomic mass is 14.9. The Labute approximate surface area is 129 Å². The molecule has 0 radical (unpaired) electrons. The molecule has 21 heavy (non-hydrogen) atoms. The molecule has 1 N–H and O–H groups in total. The first-order valence-corrected chi connectivity index (χ1v) is 7.90. The van der Waals surface area contributed by atoms with Crippen LogP contribution >= 0.6 is 0 Å². The molecule has 2 rings (SSSR count). The quantitative estimate of drug-likeness (QED) is 0.822. The van der Waals surface area contributed by atoms with Crippen molar-refractivity contribution in [3.63, 3.8) is 0 Å². The van der Waals surface area contributed by atoms with Crippen LogP contribution in [0.25, 0.3) is 0 Å². The maximum absolute atomic E-state index is 3.46. The molecule has 0 fully saturated rings. The molecule has 1 nitrogen and oxygen atoms in total. The van der Waals surface area contributed by atoms with Crippen LogP contribution in [0.2, 0.25) is 0 Å². The van der Waals surface area contributed by atoms with Gasteiger partial charge in [-0.3, -0.25) is 0 Å². The lowest BCUT2D eigenvalue weighted by molar-refractivity contribution is 0.556. The Morgan fingerprint density at radius 2 is 1.57 bits per heavy atom. The molecule has 0 saturated carbocycles. The molecule has 1 heteroatoms. The van der Waals surface area contributed by atoms with Crippen molar-refractivity contribution in [3.05, 3.63) is 70.8 Å². The van der Waals surface area contributed by atoms with Gasteiger partial charge in [-0.05, 0) is 49.4 Å². The third-order valence-corrected chi connectivity index (χ3v) is 4.10. The van der Waals surface area contributed by atoms with Crippen LogP contribution in [0.15, 0.2) is 48.5 Å². The van der Waals surface area contributed by atoms with Gasteiger partial charge in [0, 0.05) is 6.04 Å². The summed E-state index contributed by atoms with van der Waals surface area (Å²) in [5.74, 6) is 0.603. The number of rotatable bonds is 6. The average molecular weight is 281 g/mol. The summed E-state index contributed by atoms with van der Waals surface area (Å²) < 4.78 is 0. The summed E-state index contributed by atoms with van der Waals surface area (Å²) in [7, 11) is 2.06. The maximum Gasteiger partial charge on any atom is 0.0145 e. The Hall–Kier alpha value is -1.60. The van der Waals surface area contributed by atoms with E-state index < -0.39 is 0 Å². The fourth-order valence-corrected chi connectivity index (χ4v) is 2.72. The largest absolute Gasteiger partial charge is 0.316 e. The highest BCUT2D eigenvalue weighted by Gasteiger charge is 2.09. The Morgan fingerprint density at radius 3 is 2.14 bits per heavy atom. The van der Waals surface area contributed by atoms with E-state index >= 15 is 0 Å². The van der Waals surface area contributed by atoms with Crippen LogP contribution in [0.1, 0.15) is 42.0 Å². The lowest BCUT2D eigenvalue weighted by atomic mass is 9.96. The van der Waals surface area contributed by atoms with Gasteiger partial charge in [-0.15, -0.1) is 0 Å². The maximum atomic E-state index is 3.46. The first kappa shape index (κ1) is 15.8. The average Bonchev–Trinajstić information content (AvgIpc) is 2.47. The number of benzene rings is 2. The summed E-state index contributed by atoms with van der Waals surface area (Å²) in [5, 5.41) is 3.46. The summed E-state index contributed by atoms with van der Waals surface area (Å²) >= 11 is 0. The fourth-order valence-electron chi connectivity index (χ4n) is 2.72. The molecule has 1 unspecified atom stereocenters. The van der Waals surface area contributed by atoms with Crippen molar-refractivity contribution in [2.45, 2.75) is 45.6 Å². The molecule has 0 bridgehead atoms. The minimum absolute atomic E-state index is 0.483. The van der Waals surface area contributed by atoms with E-state index in [0.29, 0.717) is 12.0 Å². The molecule has 0 spiro atoms. The van der Waals surface area contributed by atoms with Gasteiger partial charge in [-0.25, -0.2) is 0 Å². The van der Waals surface area contributed by atoms with Gasteiger partial charge in [0.1, 0.15) is 0 Å². The summed E-state index contributed by atoms with van der Waals surface area (Å²) in [6.45, 7) is 6.63. The Balaban J connectivity index is 2.01. The lowest BCUT2D eigenvalue weighted by Crippen LogP contribution is -2.29. The van der Waals surface area contributed by atoms with Gasteiger partial charge in [-0.1, -0.05) is 67.9 Å². The topological polar surface area (TPSA) is 12.0 Å². The molecule has 0 aromatic heterocycles. The SMILES string of the molecule is CNC(Cc1ccc(C(C)C)cc1)Cc1cccc(C)c1. The van der Waals surface area contributed by atoms with Crippen LogP contribution in [0.4, 0.5) is 0 Å². The standard InChI is InChI=1S/C20H27N/c1-15(2)19-10-8-17(9-11-19)13-20(21-4)14-18-7-5-6-16(3)12-18/h5-12,15,20-21H,13-14H2,1-4H3. The fraction of sp³-hybridized carbons (Fsp3) is 0.400. The zero-order valence-corrected chi connectivity index (χ0v) is 13.7. The van der Waals surface area contributed by atoms with Crippen LogP contribution < -0.4 is 5.32 Å². The highest BCUT2D eigenvalue weighted by Crippen LogP contribution is 2.16. The molecule has 0 aliphatic heterocycles. The van der Waals surface area contributed by atoms with E-state index in [0.717, 1.165) is 12.8 Å². The van der Waals surface area contributed by atoms with Crippen molar-refractivity contribution in [2.75, 3.05) is 7.05 Å². The van der Waals surface area contributed by atoms with E-state index in [1.807, 2.05) is 0 Å². The molecule has 112 valence electrons. The number of hydrogen-bond donors (Lipinski definition) is 1. The lowest BCUT2D eigenvalue weighted by Gasteiger charge is -2.17. The first-order valence-electron chi connectivity index (χ1n) is 7.90. The second-order valence-electron chi connectivity index (χ2n) is 6.28. The molecule has 0 heterocycles. The van der Waals surface area contributed by atoms with E-state index in [-0.39, 0.29) is 0 Å². The summed E-state index contributed by atoms with van der Waals surface area (Å²) in [4.78, 5) is 0. The second kappa shape index (κ2) is 7.42. The van der Waals surface area contributed by atoms with Crippen LogP contribution in [0.3, 0.4) is 0 Å². The first-order chi connectivity index (χ1) is 10.1. The molecule has 1 atom stereocenters. The van der Waals surface area contributed by atoms with Gasteiger partial charge in [0.25, 0.3) is 0 Å². The van der Waals surface area contributed by atoms with E-state index in [4.69, 9.17) is 0 Å². The van der Waals surface area contributed by atoms with E-state index in [9.17, 15) is 0 Å². The van der Waals surface area contributed by atoms with Crippen LogP contribution in [-0.4, -0.2) is 13.1 Å². The molecular formula is C20H27N. The molecule has 2 aromatic rings. The number of aryl methyl sites for hydroxylation is 1. The number of likely N-dealkylation sites (N-methyl/N-ethyl adjacent to an activating group) is 1. The van der Waals surface area contributed by atoms with E-state index in [1.54, 1.807) is 0 Å². The molecular weight excluding hydrogens is 254 g/mol. The van der Waals surface area contributed by atoms with Crippen molar-refractivity contribution < 1.29 is 0 Å². The van der Waals surface area contributed by atoms with E-state index in [1.165, 1.54) is 22.3 Å². The van der Waals surface area contributed by atoms with Gasteiger partial charge in [0.05, 0.1) is 0 Å². The Morgan fingerprint density at radius 1 is 0.905 bits per heavy atom. The predicted octanol–water partition coefficient (Wildman–Crippen LogP) is 4.49. The van der Waals surface area contributed by atoms with Crippen molar-refractivity contribution in [1.82, 2.24) is 5.32 Å². The zero-order valence-electron chi connectivity index (χ0n) is 13.7. The van der Waals surface area contributed by atoms with Gasteiger partial charge in [0.15, 0.2) is 0 Å². The van der Waals surface area contributed by atoms with Crippen LogP contribution in [0, 0.1) is 6.92 Å². The monoisotopic (exact) mass is 281 g/mol. The van der Waals surface area contributed by atoms with Crippen LogP contribution in [0.5, 0.6) is 0 Å². The van der Waals surface area contributed by atoms with Gasteiger partial charge < -0.3 is 5.32 Å². The normalized spacial score (nSPS) is 12.6. The smallest absolute Gasteiger partial charge is 0.0145 e. The van der Waals surface area contributed by atoms with Gasteiger partial charge in [0.2, 0.25) is 0 Å². The Bertz CT molecular complexity index is 554. The van der Waals surface area contributed by atoms with Crippen molar-refractivity contribution in [3.8, 4) is 0 Å². The summed E-state index contributed by atoms with van der Waals surface area (Å²) in [6.07, 6.45) is 2.15. The van der Waals surface area contributed by atoms with Crippen molar-refractivity contribution in [1.29, 1.82) is 0 Å². The minimum atomic E-state index is 0.483. The molecule has 0 aliphatic rings. The molecule has 0 aliphatic carbocycles. The third kappa shape index (κ3) is 4.71. The second-order valence-corrected chi connectivity index (χ2v) is 6.28. The van der Waals surface area contributed by atoms with Gasteiger partial charge in [-0.2, -0.15) is 0 Å². The van der Waals surface area contributed by atoms with Crippen molar-refractivity contribution >= 4 is 0 Å². The highest BCUT2D eigenvalue weighted by molar-refractivity contribution is 5.27. The number of nitrogens with one attached hydrogen (secondary N) is 1. The molecule has 0 amide bonds. The molecule has 2 aromatic carbocycles. The third-order valence-electron chi connectivity index (χ3n) is 4.10. The summed E-state index contributed by atoms with van der Waals surface area (Å²) in [5.41, 5.74) is 5.57. The van der Waals surface area contributed by atoms with Crippen molar-refractivity contribution in [2.24, 2.45) is 0 Å². The summed E-state index contributed by atoms with van der Waals surface area (Å²) in [6, 6.07) is 18.4.